The normalized spacial score (nSPS) is 11.9. The third-order valence-electron chi connectivity index (χ3n) is 5.60. The fraction of sp³-hybridized carbons (Fsp3) is 0.296. The van der Waals surface area contributed by atoms with E-state index in [9.17, 15) is 55.5 Å². The first-order valence-electron chi connectivity index (χ1n) is 14.9. The summed E-state index contributed by atoms with van der Waals surface area (Å²) in [5, 5.41) is 35.8. The van der Waals surface area contributed by atoms with Gasteiger partial charge in [-0.1, -0.05) is 23.2 Å². The summed E-state index contributed by atoms with van der Waals surface area (Å²) in [5.74, 6) is -2.97. The lowest BCUT2D eigenvalue weighted by atomic mass is 10.2. The molecular weight excluding hydrogens is 927 g/mol. The number of aromatic carboxylic acids is 1. The number of ether oxygens (including phenoxy) is 1. The molecular formula is C27H32Cl2F3N10O13PS3. The van der Waals surface area contributed by atoms with Gasteiger partial charge in [0.15, 0.2) is 0 Å². The number of anilines is 2. The van der Waals surface area contributed by atoms with Crippen LogP contribution in [0.25, 0.3) is 5.69 Å². The molecule has 2 amide bonds. The van der Waals surface area contributed by atoms with Gasteiger partial charge in [-0.25, -0.2) is 27.4 Å². The highest BCUT2D eigenvalue weighted by atomic mass is 35.5. The van der Waals surface area contributed by atoms with Crippen LogP contribution in [0.15, 0.2) is 34.7 Å². The maximum absolute atomic E-state index is 12.6. The number of sulfonamides is 1. The minimum absolute atomic E-state index is 0.0633. The second-order valence-electron chi connectivity index (χ2n) is 10.9. The quantitative estimate of drug-likeness (QED) is 0.0492. The zero-order valence-corrected chi connectivity index (χ0v) is 35.4. The molecule has 23 nitrogen and oxygen atoms in total. The number of aryl methyl sites for hydroxylation is 1. The summed E-state index contributed by atoms with van der Waals surface area (Å²) >= 11 is 12.3. The van der Waals surface area contributed by atoms with Crippen LogP contribution in [0, 0.1) is 17.0 Å². The number of benzene rings is 1. The molecule has 326 valence electrons. The Balaban J connectivity index is 0.000000452. The number of nitrogen functional groups attached to an aromatic ring is 1. The van der Waals surface area contributed by atoms with Crippen LogP contribution in [0.1, 0.15) is 21.1 Å². The van der Waals surface area contributed by atoms with Gasteiger partial charge in [-0.05, 0) is 41.4 Å². The number of methoxy groups -OCH3 is 1. The Hall–Kier alpha value is -4.87. The van der Waals surface area contributed by atoms with E-state index >= 15 is 0 Å². The van der Waals surface area contributed by atoms with Crippen molar-refractivity contribution in [2.45, 2.75) is 18.0 Å². The van der Waals surface area contributed by atoms with Crippen molar-refractivity contribution in [3.05, 3.63) is 66.2 Å². The monoisotopic (exact) mass is 958 g/mol. The molecule has 0 aliphatic carbocycles. The summed E-state index contributed by atoms with van der Waals surface area (Å²) in [5.41, 5.74) is 3.78. The average Bonchev–Trinajstić information content (AvgIpc) is 3.71. The number of aromatic nitrogens is 5. The molecule has 4 rings (SSSR count). The molecule has 1 atom stereocenters. The minimum Gasteiger partial charge on any atom is -0.778 e. The van der Waals surface area contributed by atoms with Crippen LogP contribution in [0.5, 0.6) is 6.01 Å². The number of amides is 2. The Morgan fingerprint density at radius 3 is 2.14 bits per heavy atom. The number of hydrogen-bond donors (Lipinski definition) is 7. The molecule has 8 N–H and O–H groups in total. The zero-order chi connectivity index (χ0) is 45.6. The van der Waals surface area contributed by atoms with Crippen molar-refractivity contribution >= 4 is 98.5 Å². The van der Waals surface area contributed by atoms with Crippen LogP contribution in [0.3, 0.4) is 0 Å². The minimum atomic E-state index is -4.63. The van der Waals surface area contributed by atoms with E-state index in [-0.39, 0.29) is 33.5 Å². The van der Waals surface area contributed by atoms with Crippen molar-refractivity contribution in [3.8, 4) is 11.7 Å². The second-order valence-corrected chi connectivity index (χ2v) is 18.3. The molecule has 1 aromatic carbocycles. The number of carbonyl (C=O) groups is 3. The number of thiophene rings is 1. The van der Waals surface area contributed by atoms with Crippen LogP contribution >= 0.6 is 42.1 Å². The van der Waals surface area contributed by atoms with Gasteiger partial charge >= 0.3 is 35.8 Å². The van der Waals surface area contributed by atoms with E-state index in [0.29, 0.717) is 23.0 Å². The highest BCUT2D eigenvalue weighted by Gasteiger charge is 2.33. The molecule has 1 unspecified atom stereocenters. The van der Waals surface area contributed by atoms with E-state index in [1.807, 2.05) is 5.32 Å². The van der Waals surface area contributed by atoms with Gasteiger partial charge in [0.1, 0.15) is 35.1 Å². The number of hydrogen-bond acceptors (Lipinski definition) is 17. The number of urea groups is 1. The Labute approximate surface area is 347 Å². The Bertz CT molecular complexity index is 2270. The zero-order valence-electron chi connectivity index (χ0n) is 30.5. The van der Waals surface area contributed by atoms with Crippen molar-refractivity contribution in [1.82, 2.24) is 34.8 Å². The summed E-state index contributed by atoms with van der Waals surface area (Å²) < 4.78 is 79.3. The predicted molar refractivity (Wildman–Crippen MR) is 207 cm³/mol. The molecule has 59 heavy (non-hydrogen) atoms. The van der Waals surface area contributed by atoms with Crippen molar-refractivity contribution in [1.29, 1.82) is 0 Å². The van der Waals surface area contributed by atoms with Gasteiger partial charge in [-0.15, -0.1) is 11.3 Å². The van der Waals surface area contributed by atoms with E-state index in [2.05, 4.69) is 44.1 Å². The number of rotatable bonds is 11. The topological polar surface area (TPSA) is 357 Å². The number of aliphatic carboxylic acids is 1. The molecule has 0 saturated carbocycles. The molecule has 4 aromatic rings. The van der Waals surface area contributed by atoms with Crippen molar-refractivity contribution < 1.29 is 70.2 Å². The summed E-state index contributed by atoms with van der Waals surface area (Å²) in [7, 11) is -6.77. The van der Waals surface area contributed by atoms with Crippen LogP contribution in [0.2, 0.25) is 10.0 Å². The van der Waals surface area contributed by atoms with Crippen molar-refractivity contribution in [2.24, 2.45) is 0 Å². The lowest BCUT2D eigenvalue weighted by Crippen LogP contribution is -2.35. The molecule has 3 aromatic heterocycles. The molecule has 0 aliphatic heterocycles. The summed E-state index contributed by atoms with van der Waals surface area (Å²) in [6, 6.07) is 1.13. The molecule has 3 heterocycles. The maximum Gasteiger partial charge on any atom is 0.416 e. The number of carboxylic acid groups (broad SMARTS) is 2. The number of nitrogens with two attached hydrogens (primary N) is 1. The largest absolute Gasteiger partial charge is 0.778 e. The number of nitro groups is 1. The van der Waals surface area contributed by atoms with E-state index in [0.717, 1.165) is 28.3 Å². The van der Waals surface area contributed by atoms with Crippen LogP contribution in [-0.4, -0.2) is 110 Å². The molecule has 0 spiro atoms. The first kappa shape index (κ1) is 52.1. The third-order valence-corrected chi connectivity index (χ3v) is 9.21. The van der Waals surface area contributed by atoms with Crippen molar-refractivity contribution in [3.63, 3.8) is 0 Å². The average molecular weight is 960 g/mol. The van der Waals surface area contributed by atoms with Crippen LogP contribution < -0.4 is 30.7 Å². The lowest BCUT2D eigenvalue weighted by Gasteiger charge is -2.14. The second kappa shape index (κ2) is 22.5. The van der Waals surface area contributed by atoms with Gasteiger partial charge in [-0.3, -0.25) is 25.5 Å². The molecule has 0 radical (unpaired) electrons. The number of nitrogens with zero attached hydrogens (tertiary/aromatic N) is 6. The summed E-state index contributed by atoms with van der Waals surface area (Å²) in [4.78, 5) is 70.9. The standard InChI is InChI=1S/C11H11N5O6S2.C10H5Cl2F3N4O2.C3H8NO5P.C3H9S/c1-5-12-9(15-11(13-5)22-2)14-10(19)16-24(20,21)6-3-4-23-7(6)8(17)18;11-5-1-4(10(13,14)15)2-6(12)8(5)18-9(16)7(3-17-18)19(20)21;5-3(6)1-4-2-10(7,8)9;1-4(2)3/h3-4H,1-2H3,(H,17,18)(H2,12,13,14,15,16,19);1-3H,16H2;4H,1-2H2,(H,5,6)(H2,7,8,9);1-3H3/q;;;+1/p-1. The Morgan fingerprint density at radius 1 is 1.14 bits per heavy atom. The first-order valence-corrected chi connectivity index (χ1v) is 22.2. The van der Waals surface area contributed by atoms with Gasteiger partial charge in [0, 0.05) is 0 Å². The van der Waals surface area contributed by atoms with E-state index in [1.54, 1.807) is 4.72 Å². The number of alkyl halides is 3. The van der Waals surface area contributed by atoms with Crippen molar-refractivity contribution in [2.75, 3.05) is 49.8 Å². The van der Waals surface area contributed by atoms with E-state index in [4.69, 9.17) is 48.8 Å². The van der Waals surface area contributed by atoms with Crippen LogP contribution in [-0.2, 0) is 36.5 Å². The van der Waals surface area contributed by atoms with Gasteiger partial charge in [-0.2, -0.15) is 33.2 Å². The van der Waals surface area contributed by atoms with Crippen LogP contribution in [0.4, 0.5) is 35.4 Å². The smallest absolute Gasteiger partial charge is 0.416 e. The van der Waals surface area contributed by atoms with E-state index < -0.39 is 86.4 Å². The lowest BCUT2D eigenvalue weighted by molar-refractivity contribution is -0.383. The summed E-state index contributed by atoms with van der Waals surface area (Å²) in [6.45, 7) is 1.04. The van der Waals surface area contributed by atoms with E-state index in [1.165, 1.54) is 19.4 Å². The van der Waals surface area contributed by atoms with Gasteiger partial charge in [0.25, 0.3) is 10.0 Å². The Kier molecular flexibility index (Phi) is 19.9. The molecule has 0 saturated heterocycles. The fourth-order valence-electron chi connectivity index (χ4n) is 3.48. The fourth-order valence-corrected chi connectivity index (χ4v) is 6.69. The van der Waals surface area contributed by atoms with Gasteiger partial charge in [0.2, 0.25) is 11.8 Å². The molecule has 0 aliphatic rings. The maximum atomic E-state index is 12.6. The molecule has 0 fully saturated rings. The predicted octanol–water partition coefficient (Wildman–Crippen LogP) is 2.80. The SMILES string of the molecule is COc1nc(C)nc(NC(=O)NS(=O)(=O)c2ccsc2C(=O)O)n1.C[S+](C)C.Nc1c([N+](=O)[O-])cnn1-c1c(Cl)cc(C(F)(F)F)cc1Cl.O=C(O)CNCP(=O)([O-])O. The highest BCUT2D eigenvalue weighted by molar-refractivity contribution is 7.94. The molecule has 32 heteroatoms. The number of nitrogens with one attached hydrogen (secondary N) is 3. The third kappa shape index (κ3) is 17.9. The number of halogens is 5. The Morgan fingerprint density at radius 2 is 1.69 bits per heavy atom. The number of carboxylic acids is 2. The summed E-state index contributed by atoms with van der Waals surface area (Å²) in [6.07, 6.45) is 2.09. The van der Waals surface area contributed by atoms with Gasteiger partial charge in [0.05, 0.1) is 59.2 Å². The number of carbonyl (C=O) groups excluding carboxylic acids is 1. The first-order chi connectivity index (χ1) is 27.0. The molecule has 0 bridgehead atoms. The highest BCUT2D eigenvalue weighted by Crippen LogP contribution is 2.39. The van der Waals surface area contributed by atoms with Gasteiger partial charge < -0.3 is 35.0 Å².